The summed E-state index contributed by atoms with van der Waals surface area (Å²) in [6, 6.07) is 8.07. The Kier molecular flexibility index (Phi) is 3.00. The van der Waals surface area contributed by atoms with Gasteiger partial charge in [-0.25, -0.2) is 8.42 Å². The second kappa shape index (κ2) is 4.34. The smallest absolute Gasteiger partial charge is 0.262 e. The summed E-state index contributed by atoms with van der Waals surface area (Å²) in [5, 5.41) is -0.676. The van der Waals surface area contributed by atoms with Crippen molar-refractivity contribution in [2.24, 2.45) is 0 Å². The molecule has 0 unspecified atom stereocenters. The standard InChI is InChI=1S/C11H9FN2O3S/c1-18(16,17)11-13-9(12)8(10(15)14-11)7-5-3-2-4-6-7/h2-6H,1H3,(H,13,14,15). The zero-order valence-corrected chi connectivity index (χ0v) is 10.2. The van der Waals surface area contributed by atoms with E-state index in [0.29, 0.717) is 5.56 Å². The van der Waals surface area contributed by atoms with Gasteiger partial charge >= 0.3 is 0 Å². The molecule has 0 aliphatic carbocycles. The molecule has 5 nitrogen and oxygen atoms in total. The average molecular weight is 268 g/mol. The Balaban J connectivity index is 2.71. The molecule has 0 amide bonds. The van der Waals surface area contributed by atoms with Gasteiger partial charge in [0.1, 0.15) is 5.56 Å². The Labute approximate surface area is 102 Å². The molecule has 1 heterocycles. The summed E-state index contributed by atoms with van der Waals surface area (Å²) in [4.78, 5) is 17.0. The van der Waals surface area contributed by atoms with Crippen LogP contribution in [0.1, 0.15) is 0 Å². The molecule has 1 N–H and O–H groups in total. The molecule has 1 aromatic carbocycles. The Bertz CT molecular complexity index is 739. The van der Waals surface area contributed by atoms with E-state index in [-0.39, 0.29) is 5.56 Å². The molecule has 0 spiro atoms. The maximum atomic E-state index is 13.7. The lowest BCUT2D eigenvalue weighted by atomic mass is 10.1. The third-order valence-electron chi connectivity index (χ3n) is 2.27. The van der Waals surface area contributed by atoms with Crippen LogP contribution in [0.15, 0.2) is 40.3 Å². The van der Waals surface area contributed by atoms with Crippen molar-refractivity contribution in [2.75, 3.05) is 6.26 Å². The quantitative estimate of drug-likeness (QED) is 0.650. The third kappa shape index (κ3) is 2.30. The molecule has 0 aliphatic rings. The van der Waals surface area contributed by atoms with Gasteiger partial charge in [0.25, 0.3) is 5.56 Å². The summed E-state index contributed by atoms with van der Waals surface area (Å²) in [7, 11) is -3.75. The topological polar surface area (TPSA) is 79.9 Å². The number of benzene rings is 1. The first-order chi connectivity index (χ1) is 8.39. The Morgan fingerprint density at radius 2 is 1.83 bits per heavy atom. The molecule has 7 heteroatoms. The van der Waals surface area contributed by atoms with Crippen LogP contribution in [0.5, 0.6) is 0 Å². The fourth-order valence-corrected chi connectivity index (χ4v) is 1.98. The summed E-state index contributed by atoms with van der Waals surface area (Å²) in [5.41, 5.74) is -0.763. The maximum absolute atomic E-state index is 13.7. The molecule has 0 saturated carbocycles. The van der Waals surface area contributed by atoms with E-state index in [2.05, 4.69) is 9.97 Å². The third-order valence-corrected chi connectivity index (χ3v) is 3.16. The van der Waals surface area contributed by atoms with Crippen molar-refractivity contribution >= 4 is 9.84 Å². The van der Waals surface area contributed by atoms with E-state index in [4.69, 9.17) is 0 Å². The fourth-order valence-electron chi connectivity index (χ4n) is 1.46. The summed E-state index contributed by atoms with van der Waals surface area (Å²) >= 11 is 0. The highest BCUT2D eigenvalue weighted by molar-refractivity contribution is 7.90. The van der Waals surface area contributed by atoms with Crippen LogP contribution >= 0.6 is 0 Å². The van der Waals surface area contributed by atoms with Crippen molar-refractivity contribution in [1.82, 2.24) is 9.97 Å². The van der Waals surface area contributed by atoms with Crippen molar-refractivity contribution in [3.8, 4) is 11.1 Å². The van der Waals surface area contributed by atoms with Crippen LogP contribution in [0.2, 0.25) is 0 Å². The number of aromatic amines is 1. The molecule has 0 aliphatic heterocycles. The number of nitrogens with zero attached hydrogens (tertiary/aromatic N) is 1. The van der Waals surface area contributed by atoms with E-state index in [0.717, 1.165) is 6.26 Å². The highest BCUT2D eigenvalue weighted by Crippen LogP contribution is 2.17. The van der Waals surface area contributed by atoms with Crippen LogP contribution in [0.25, 0.3) is 11.1 Å². The second-order valence-corrected chi connectivity index (χ2v) is 5.61. The molecule has 0 radical (unpaired) electrons. The highest BCUT2D eigenvalue weighted by Gasteiger charge is 2.18. The van der Waals surface area contributed by atoms with Crippen LogP contribution in [0.4, 0.5) is 4.39 Å². The maximum Gasteiger partial charge on any atom is 0.262 e. The van der Waals surface area contributed by atoms with Gasteiger partial charge in [-0.2, -0.15) is 9.37 Å². The number of aromatic nitrogens is 2. The first-order valence-corrected chi connectivity index (χ1v) is 6.84. The van der Waals surface area contributed by atoms with Crippen molar-refractivity contribution in [3.63, 3.8) is 0 Å². The summed E-state index contributed by atoms with van der Waals surface area (Å²) < 4.78 is 36.1. The number of nitrogens with one attached hydrogen (secondary N) is 1. The minimum atomic E-state index is -3.75. The number of halogens is 1. The Morgan fingerprint density at radius 1 is 1.22 bits per heavy atom. The van der Waals surface area contributed by atoms with Crippen LogP contribution < -0.4 is 5.56 Å². The second-order valence-electron chi connectivity index (χ2n) is 3.68. The van der Waals surface area contributed by atoms with Gasteiger partial charge in [0.05, 0.1) is 0 Å². The van der Waals surface area contributed by atoms with Crippen molar-refractivity contribution in [1.29, 1.82) is 0 Å². The van der Waals surface area contributed by atoms with Crippen molar-refractivity contribution < 1.29 is 12.8 Å². The zero-order valence-electron chi connectivity index (χ0n) is 9.34. The molecule has 0 fully saturated rings. The first kappa shape index (κ1) is 12.4. The molecule has 18 heavy (non-hydrogen) atoms. The molecule has 0 saturated heterocycles. The largest absolute Gasteiger partial charge is 0.297 e. The molecule has 2 rings (SSSR count). The summed E-state index contributed by atoms with van der Waals surface area (Å²) in [6.07, 6.45) is 0.840. The molecule has 94 valence electrons. The van der Waals surface area contributed by atoms with E-state index in [9.17, 15) is 17.6 Å². The zero-order chi connectivity index (χ0) is 13.3. The molecule has 0 atom stereocenters. The van der Waals surface area contributed by atoms with E-state index >= 15 is 0 Å². The van der Waals surface area contributed by atoms with Crippen LogP contribution in [0.3, 0.4) is 0 Å². The Hall–Kier alpha value is -2.02. The van der Waals surface area contributed by atoms with Gasteiger partial charge in [0.15, 0.2) is 0 Å². The van der Waals surface area contributed by atoms with Gasteiger partial charge < -0.3 is 0 Å². The molecule has 2 aromatic rings. The van der Waals surface area contributed by atoms with Gasteiger partial charge in [0.2, 0.25) is 20.9 Å². The van der Waals surface area contributed by atoms with E-state index in [1.54, 1.807) is 18.2 Å². The van der Waals surface area contributed by atoms with E-state index in [1.165, 1.54) is 12.1 Å². The molecule has 1 aromatic heterocycles. The first-order valence-electron chi connectivity index (χ1n) is 4.95. The minimum Gasteiger partial charge on any atom is -0.297 e. The van der Waals surface area contributed by atoms with Crippen molar-refractivity contribution in [3.05, 3.63) is 46.6 Å². The minimum absolute atomic E-state index is 0.275. The predicted octanol–water partition coefficient (Wildman–Crippen LogP) is 0.980. The molecule has 0 bridgehead atoms. The lowest BCUT2D eigenvalue weighted by Crippen LogP contribution is -2.19. The normalized spacial score (nSPS) is 11.4. The SMILES string of the molecule is CS(=O)(=O)c1nc(F)c(-c2ccccc2)c(=O)[nH]1. The van der Waals surface area contributed by atoms with Gasteiger partial charge in [0, 0.05) is 6.26 Å². The average Bonchev–Trinajstić information content (AvgIpc) is 2.28. The van der Waals surface area contributed by atoms with E-state index < -0.39 is 26.5 Å². The van der Waals surface area contributed by atoms with Gasteiger partial charge in [-0.15, -0.1) is 0 Å². The lowest BCUT2D eigenvalue weighted by Gasteiger charge is -2.03. The summed E-state index contributed by atoms with van der Waals surface area (Å²) in [5.74, 6) is -1.11. The van der Waals surface area contributed by atoms with Gasteiger partial charge in [-0.05, 0) is 5.56 Å². The molecular formula is C11H9FN2O3S. The fraction of sp³-hybridized carbons (Fsp3) is 0.0909. The van der Waals surface area contributed by atoms with Crippen molar-refractivity contribution in [2.45, 2.75) is 5.16 Å². The van der Waals surface area contributed by atoms with Crippen LogP contribution in [0, 0.1) is 5.95 Å². The van der Waals surface area contributed by atoms with Gasteiger partial charge in [-0.1, -0.05) is 30.3 Å². The Morgan fingerprint density at radius 3 is 2.33 bits per heavy atom. The number of sulfone groups is 1. The van der Waals surface area contributed by atoms with E-state index in [1.807, 2.05) is 0 Å². The highest BCUT2D eigenvalue weighted by atomic mass is 32.2. The summed E-state index contributed by atoms with van der Waals surface area (Å²) in [6.45, 7) is 0. The number of H-pyrrole nitrogens is 1. The molecular weight excluding hydrogens is 259 g/mol. The van der Waals surface area contributed by atoms with Crippen LogP contribution in [-0.2, 0) is 9.84 Å². The number of hydrogen-bond acceptors (Lipinski definition) is 4. The van der Waals surface area contributed by atoms with Gasteiger partial charge in [-0.3, -0.25) is 9.78 Å². The monoisotopic (exact) mass is 268 g/mol. The lowest BCUT2D eigenvalue weighted by molar-refractivity contribution is 0.547. The number of hydrogen-bond donors (Lipinski definition) is 1. The van der Waals surface area contributed by atoms with Crippen LogP contribution in [-0.4, -0.2) is 24.6 Å². The predicted molar refractivity (Wildman–Crippen MR) is 63.4 cm³/mol. The number of rotatable bonds is 2.